The number of hydrogen-bond donors (Lipinski definition) is 1. The molecule has 0 saturated carbocycles. The number of para-hydroxylation sites is 1. The molecule has 2 heterocycles. The zero-order valence-corrected chi connectivity index (χ0v) is 10.2. The van der Waals surface area contributed by atoms with E-state index >= 15 is 0 Å². The van der Waals surface area contributed by atoms with Crippen LogP contribution in [0.25, 0.3) is 11.0 Å². The highest BCUT2D eigenvalue weighted by molar-refractivity contribution is 5.78. The summed E-state index contributed by atoms with van der Waals surface area (Å²) in [6, 6.07) is 6.25. The van der Waals surface area contributed by atoms with Gasteiger partial charge in [-0.25, -0.2) is 4.98 Å². The molecule has 3 heteroatoms. The predicted octanol–water partition coefficient (Wildman–Crippen LogP) is 2.98. The van der Waals surface area contributed by atoms with Crippen LogP contribution in [0.4, 0.5) is 0 Å². The maximum Gasteiger partial charge on any atom is 0.109 e. The molecule has 1 unspecified atom stereocenters. The number of benzene rings is 1. The van der Waals surface area contributed by atoms with Gasteiger partial charge in [-0.3, -0.25) is 0 Å². The SMILES string of the molecule is Cc1cccc2[nH]c(CC3CCCCO3)nc12. The number of fused-ring (bicyclic) bond motifs is 1. The minimum absolute atomic E-state index is 0.351. The molecular formula is C14H18N2O. The van der Waals surface area contributed by atoms with Crippen molar-refractivity contribution in [3.63, 3.8) is 0 Å². The van der Waals surface area contributed by atoms with Crippen LogP contribution in [-0.4, -0.2) is 22.7 Å². The molecule has 1 aromatic carbocycles. The van der Waals surface area contributed by atoms with Crippen molar-refractivity contribution < 1.29 is 4.74 Å². The fourth-order valence-corrected chi connectivity index (χ4v) is 2.51. The number of ether oxygens (including phenoxy) is 1. The normalized spacial score (nSPS) is 20.9. The first kappa shape index (κ1) is 10.8. The average Bonchev–Trinajstić information content (AvgIpc) is 2.74. The molecule has 1 saturated heterocycles. The first-order valence-electron chi connectivity index (χ1n) is 6.39. The van der Waals surface area contributed by atoms with Crippen LogP contribution >= 0.6 is 0 Å². The Labute approximate surface area is 101 Å². The summed E-state index contributed by atoms with van der Waals surface area (Å²) in [5.74, 6) is 1.06. The van der Waals surface area contributed by atoms with E-state index < -0.39 is 0 Å². The number of aryl methyl sites for hydroxylation is 1. The zero-order valence-electron chi connectivity index (χ0n) is 10.2. The van der Waals surface area contributed by atoms with E-state index in [4.69, 9.17) is 4.74 Å². The van der Waals surface area contributed by atoms with Gasteiger partial charge in [-0.05, 0) is 37.8 Å². The smallest absolute Gasteiger partial charge is 0.109 e. The molecule has 0 aliphatic carbocycles. The summed E-state index contributed by atoms with van der Waals surface area (Å²) in [7, 11) is 0. The van der Waals surface area contributed by atoms with E-state index in [2.05, 4.69) is 35.1 Å². The molecular weight excluding hydrogens is 212 g/mol. The van der Waals surface area contributed by atoms with Crippen LogP contribution < -0.4 is 0 Å². The monoisotopic (exact) mass is 230 g/mol. The van der Waals surface area contributed by atoms with Gasteiger partial charge >= 0.3 is 0 Å². The Bertz CT molecular complexity index is 512. The number of aromatic nitrogens is 2. The third-order valence-corrected chi connectivity index (χ3v) is 3.46. The van der Waals surface area contributed by atoms with E-state index in [1.807, 2.05) is 0 Å². The van der Waals surface area contributed by atoms with Crippen LogP contribution in [0.3, 0.4) is 0 Å². The van der Waals surface area contributed by atoms with E-state index in [-0.39, 0.29) is 0 Å². The third kappa shape index (κ3) is 2.20. The van der Waals surface area contributed by atoms with Crippen LogP contribution in [0.15, 0.2) is 18.2 Å². The summed E-state index contributed by atoms with van der Waals surface area (Å²) in [5.41, 5.74) is 3.46. The molecule has 1 fully saturated rings. The number of hydrogen-bond acceptors (Lipinski definition) is 2. The Balaban J connectivity index is 1.83. The van der Waals surface area contributed by atoms with Crippen LogP contribution in [0.2, 0.25) is 0 Å². The molecule has 0 bridgehead atoms. The van der Waals surface area contributed by atoms with Gasteiger partial charge in [0.15, 0.2) is 0 Å². The van der Waals surface area contributed by atoms with Gasteiger partial charge in [0.1, 0.15) is 5.82 Å². The molecule has 90 valence electrons. The lowest BCUT2D eigenvalue weighted by Gasteiger charge is -2.21. The van der Waals surface area contributed by atoms with E-state index in [1.165, 1.54) is 18.4 Å². The van der Waals surface area contributed by atoms with E-state index in [9.17, 15) is 0 Å². The van der Waals surface area contributed by atoms with E-state index in [1.54, 1.807) is 0 Å². The van der Waals surface area contributed by atoms with Gasteiger partial charge in [0, 0.05) is 13.0 Å². The van der Waals surface area contributed by atoms with Gasteiger partial charge in [0.2, 0.25) is 0 Å². The highest BCUT2D eigenvalue weighted by Crippen LogP contribution is 2.19. The lowest BCUT2D eigenvalue weighted by molar-refractivity contribution is 0.0158. The van der Waals surface area contributed by atoms with Gasteiger partial charge in [0.05, 0.1) is 17.1 Å². The zero-order chi connectivity index (χ0) is 11.7. The Hall–Kier alpha value is -1.35. The highest BCUT2D eigenvalue weighted by Gasteiger charge is 2.16. The van der Waals surface area contributed by atoms with Crippen molar-refractivity contribution in [3.05, 3.63) is 29.6 Å². The number of imidazole rings is 1. The van der Waals surface area contributed by atoms with Crippen LogP contribution in [0.5, 0.6) is 0 Å². The van der Waals surface area contributed by atoms with Gasteiger partial charge in [0.25, 0.3) is 0 Å². The second-order valence-corrected chi connectivity index (χ2v) is 4.85. The standard InChI is InChI=1S/C14H18N2O/c1-10-5-4-7-12-14(10)16-13(15-12)9-11-6-2-3-8-17-11/h4-5,7,11H,2-3,6,8-9H2,1H3,(H,15,16). The fraction of sp³-hybridized carbons (Fsp3) is 0.500. The highest BCUT2D eigenvalue weighted by atomic mass is 16.5. The van der Waals surface area contributed by atoms with Crippen molar-refractivity contribution in [2.24, 2.45) is 0 Å². The minimum Gasteiger partial charge on any atom is -0.378 e. The summed E-state index contributed by atoms with van der Waals surface area (Å²) in [5, 5.41) is 0. The summed E-state index contributed by atoms with van der Waals surface area (Å²) in [6.07, 6.45) is 4.91. The largest absolute Gasteiger partial charge is 0.378 e. The number of nitrogens with zero attached hydrogens (tertiary/aromatic N) is 1. The Morgan fingerprint density at radius 3 is 3.12 bits per heavy atom. The summed E-state index contributed by atoms with van der Waals surface area (Å²) in [4.78, 5) is 8.06. The summed E-state index contributed by atoms with van der Waals surface area (Å²) in [6.45, 7) is 3.01. The maximum absolute atomic E-state index is 5.75. The average molecular weight is 230 g/mol. The molecule has 1 aliphatic heterocycles. The van der Waals surface area contributed by atoms with Gasteiger partial charge in [-0.1, -0.05) is 12.1 Å². The van der Waals surface area contributed by atoms with E-state index in [0.717, 1.165) is 36.3 Å². The molecule has 3 rings (SSSR count). The maximum atomic E-state index is 5.75. The summed E-state index contributed by atoms with van der Waals surface area (Å²) < 4.78 is 5.75. The van der Waals surface area contributed by atoms with Gasteiger partial charge < -0.3 is 9.72 Å². The number of H-pyrrole nitrogens is 1. The van der Waals surface area contributed by atoms with Crippen molar-refractivity contribution in [1.29, 1.82) is 0 Å². The van der Waals surface area contributed by atoms with Crippen molar-refractivity contribution in [2.45, 2.75) is 38.7 Å². The minimum atomic E-state index is 0.351. The molecule has 0 radical (unpaired) electrons. The Kier molecular flexibility index (Phi) is 2.85. The second kappa shape index (κ2) is 4.49. The van der Waals surface area contributed by atoms with Crippen LogP contribution in [0.1, 0.15) is 30.7 Å². The molecule has 2 aromatic rings. The van der Waals surface area contributed by atoms with Gasteiger partial charge in [-0.15, -0.1) is 0 Å². The number of nitrogens with one attached hydrogen (secondary N) is 1. The lowest BCUT2D eigenvalue weighted by atomic mass is 10.1. The number of rotatable bonds is 2. The molecule has 17 heavy (non-hydrogen) atoms. The molecule has 1 aromatic heterocycles. The third-order valence-electron chi connectivity index (χ3n) is 3.46. The summed E-state index contributed by atoms with van der Waals surface area (Å²) >= 11 is 0. The first-order valence-corrected chi connectivity index (χ1v) is 6.39. The fourth-order valence-electron chi connectivity index (χ4n) is 2.51. The Morgan fingerprint density at radius 1 is 1.41 bits per heavy atom. The predicted molar refractivity (Wildman–Crippen MR) is 68.1 cm³/mol. The topological polar surface area (TPSA) is 37.9 Å². The Morgan fingerprint density at radius 2 is 2.35 bits per heavy atom. The quantitative estimate of drug-likeness (QED) is 0.861. The van der Waals surface area contributed by atoms with E-state index in [0.29, 0.717) is 6.10 Å². The molecule has 1 atom stereocenters. The van der Waals surface area contributed by atoms with Crippen molar-refractivity contribution in [2.75, 3.05) is 6.61 Å². The van der Waals surface area contributed by atoms with Crippen LogP contribution in [0, 0.1) is 6.92 Å². The van der Waals surface area contributed by atoms with Crippen molar-refractivity contribution in [1.82, 2.24) is 9.97 Å². The molecule has 0 spiro atoms. The second-order valence-electron chi connectivity index (χ2n) is 4.85. The van der Waals surface area contributed by atoms with Crippen molar-refractivity contribution in [3.8, 4) is 0 Å². The van der Waals surface area contributed by atoms with Crippen LogP contribution in [-0.2, 0) is 11.2 Å². The molecule has 1 N–H and O–H groups in total. The molecule has 0 amide bonds. The molecule has 1 aliphatic rings. The number of aromatic amines is 1. The van der Waals surface area contributed by atoms with Gasteiger partial charge in [-0.2, -0.15) is 0 Å². The van der Waals surface area contributed by atoms with Crippen molar-refractivity contribution >= 4 is 11.0 Å². The lowest BCUT2D eigenvalue weighted by Crippen LogP contribution is -2.21. The first-order chi connectivity index (χ1) is 8.33. The molecule has 3 nitrogen and oxygen atoms in total.